The molecule has 5 heteroatoms. The fraction of sp³-hybridized carbons (Fsp3) is 0.733. The lowest BCUT2D eigenvalue weighted by Gasteiger charge is -2.20. The van der Waals surface area contributed by atoms with Crippen LogP contribution in [0.4, 0.5) is 5.82 Å². The average Bonchev–Trinajstić information content (AvgIpc) is 3.21. The number of aromatic amines is 1. The zero-order chi connectivity index (χ0) is 14.5. The highest BCUT2D eigenvalue weighted by Crippen LogP contribution is 2.37. The summed E-state index contributed by atoms with van der Waals surface area (Å²) in [6.07, 6.45) is 4.53. The molecule has 112 valence electrons. The molecule has 2 N–H and O–H groups in total. The first-order valence-electron chi connectivity index (χ1n) is 7.61. The molecule has 1 saturated carbocycles. The number of rotatable bonds is 8. The van der Waals surface area contributed by atoms with E-state index in [1.54, 1.807) is 6.07 Å². The molecule has 0 spiro atoms. The third kappa shape index (κ3) is 4.63. The fourth-order valence-electron chi connectivity index (χ4n) is 2.08. The van der Waals surface area contributed by atoms with Crippen molar-refractivity contribution < 1.29 is 0 Å². The number of nitrogens with one attached hydrogen (secondary N) is 2. The zero-order valence-corrected chi connectivity index (χ0v) is 12.8. The molecular formula is C15H26N4O. The Labute approximate surface area is 120 Å². The van der Waals surface area contributed by atoms with Gasteiger partial charge in [0.15, 0.2) is 0 Å². The first kappa shape index (κ1) is 15.0. The minimum absolute atomic E-state index is 0.0519. The largest absolute Gasteiger partial charge is 0.370 e. The van der Waals surface area contributed by atoms with Gasteiger partial charge in [0.2, 0.25) is 0 Å². The Morgan fingerprint density at radius 1 is 1.45 bits per heavy atom. The van der Waals surface area contributed by atoms with E-state index >= 15 is 0 Å². The summed E-state index contributed by atoms with van der Waals surface area (Å²) in [5, 5.41) is 3.26. The Hall–Kier alpha value is -1.36. The minimum atomic E-state index is -0.0519. The van der Waals surface area contributed by atoms with Gasteiger partial charge in [0.05, 0.1) is 0 Å². The Kier molecular flexibility index (Phi) is 5.17. The molecule has 0 aromatic carbocycles. The number of nitrogens with zero attached hydrogens (tertiary/aromatic N) is 2. The van der Waals surface area contributed by atoms with Crippen molar-refractivity contribution in [2.45, 2.75) is 51.5 Å². The molecule has 1 heterocycles. The molecule has 0 saturated heterocycles. The van der Waals surface area contributed by atoms with Crippen LogP contribution < -0.4 is 10.9 Å². The van der Waals surface area contributed by atoms with E-state index in [0.717, 1.165) is 44.6 Å². The monoisotopic (exact) mass is 278 g/mol. The summed E-state index contributed by atoms with van der Waals surface area (Å²) in [6, 6.07) is 2.14. The van der Waals surface area contributed by atoms with Gasteiger partial charge in [-0.15, -0.1) is 0 Å². The lowest BCUT2D eigenvalue weighted by molar-refractivity contribution is 0.269. The molecule has 1 aliphatic carbocycles. The highest BCUT2D eigenvalue weighted by molar-refractivity contribution is 5.33. The SMILES string of the molecule is CC(C)N(C)CCCCNc1cc(=O)[nH]c(C2CC2)n1. The van der Waals surface area contributed by atoms with E-state index in [2.05, 4.69) is 41.1 Å². The predicted molar refractivity (Wildman–Crippen MR) is 82.3 cm³/mol. The highest BCUT2D eigenvalue weighted by Gasteiger charge is 2.26. The smallest absolute Gasteiger partial charge is 0.252 e. The van der Waals surface area contributed by atoms with Gasteiger partial charge >= 0.3 is 0 Å². The summed E-state index contributed by atoms with van der Waals surface area (Å²) in [5.41, 5.74) is -0.0519. The van der Waals surface area contributed by atoms with Crippen molar-refractivity contribution in [2.24, 2.45) is 0 Å². The Bertz CT molecular complexity index is 479. The number of hydrogen-bond acceptors (Lipinski definition) is 4. The lowest BCUT2D eigenvalue weighted by Crippen LogP contribution is -2.27. The van der Waals surface area contributed by atoms with Crippen molar-refractivity contribution >= 4 is 5.82 Å². The quantitative estimate of drug-likeness (QED) is 0.716. The maximum absolute atomic E-state index is 11.6. The van der Waals surface area contributed by atoms with Crippen molar-refractivity contribution in [1.29, 1.82) is 0 Å². The Morgan fingerprint density at radius 2 is 2.20 bits per heavy atom. The molecular weight excluding hydrogens is 252 g/mol. The minimum Gasteiger partial charge on any atom is -0.370 e. The van der Waals surface area contributed by atoms with Crippen LogP contribution in [0.5, 0.6) is 0 Å². The first-order valence-corrected chi connectivity index (χ1v) is 7.61. The van der Waals surface area contributed by atoms with E-state index < -0.39 is 0 Å². The van der Waals surface area contributed by atoms with Crippen molar-refractivity contribution in [1.82, 2.24) is 14.9 Å². The van der Waals surface area contributed by atoms with Gasteiger partial charge in [0, 0.05) is 24.6 Å². The summed E-state index contributed by atoms with van der Waals surface area (Å²) in [5.74, 6) is 2.04. The van der Waals surface area contributed by atoms with Gasteiger partial charge < -0.3 is 15.2 Å². The summed E-state index contributed by atoms with van der Waals surface area (Å²) in [6.45, 7) is 6.39. The van der Waals surface area contributed by atoms with E-state index in [-0.39, 0.29) is 5.56 Å². The van der Waals surface area contributed by atoms with Crippen LogP contribution in [0.15, 0.2) is 10.9 Å². The second-order valence-corrected chi connectivity index (χ2v) is 6.00. The first-order chi connectivity index (χ1) is 9.56. The average molecular weight is 278 g/mol. The van der Waals surface area contributed by atoms with Crippen molar-refractivity contribution in [2.75, 3.05) is 25.5 Å². The maximum Gasteiger partial charge on any atom is 0.252 e. The predicted octanol–water partition coefficient (Wildman–Crippen LogP) is 2.18. The number of hydrogen-bond donors (Lipinski definition) is 2. The van der Waals surface area contributed by atoms with Crippen LogP contribution in [0.2, 0.25) is 0 Å². The molecule has 2 rings (SSSR count). The summed E-state index contributed by atoms with van der Waals surface area (Å²) >= 11 is 0. The van der Waals surface area contributed by atoms with E-state index in [9.17, 15) is 4.79 Å². The summed E-state index contributed by atoms with van der Waals surface area (Å²) in [7, 11) is 2.15. The second-order valence-electron chi connectivity index (χ2n) is 6.00. The Morgan fingerprint density at radius 3 is 2.85 bits per heavy atom. The van der Waals surface area contributed by atoms with Crippen LogP contribution in [0, 0.1) is 0 Å². The molecule has 0 unspecified atom stereocenters. The van der Waals surface area contributed by atoms with Crippen LogP contribution >= 0.6 is 0 Å². The van der Waals surface area contributed by atoms with E-state index in [4.69, 9.17) is 0 Å². The maximum atomic E-state index is 11.6. The van der Waals surface area contributed by atoms with E-state index in [1.165, 1.54) is 0 Å². The van der Waals surface area contributed by atoms with Crippen LogP contribution in [0.25, 0.3) is 0 Å². The van der Waals surface area contributed by atoms with Gasteiger partial charge in [0.25, 0.3) is 5.56 Å². The molecule has 0 amide bonds. The van der Waals surface area contributed by atoms with Crippen LogP contribution in [0.3, 0.4) is 0 Å². The molecule has 1 aromatic heterocycles. The molecule has 0 radical (unpaired) electrons. The molecule has 1 aliphatic rings. The third-order valence-corrected chi connectivity index (χ3v) is 3.85. The molecule has 0 bridgehead atoms. The van der Waals surface area contributed by atoms with Crippen molar-refractivity contribution in [3.63, 3.8) is 0 Å². The molecule has 20 heavy (non-hydrogen) atoms. The van der Waals surface area contributed by atoms with E-state index in [1.807, 2.05) is 0 Å². The number of aromatic nitrogens is 2. The van der Waals surface area contributed by atoms with Crippen LogP contribution in [-0.4, -0.2) is 41.0 Å². The topological polar surface area (TPSA) is 61.0 Å². The summed E-state index contributed by atoms with van der Waals surface area (Å²) in [4.78, 5) is 21.2. The molecule has 0 aliphatic heterocycles. The summed E-state index contributed by atoms with van der Waals surface area (Å²) < 4.78 is 0. The molecule has 1 aromatic rings. The number of anilines is 1. The van der Waals surface area contributed by atoms with Gasteiger partial charge in [-0.1, -0.05) is 0 Å². The second kappa shape index (κ2) is 6.88. The van der Waals surface area contributed by atoms with Crippen LogP contribution in [-0.2, 0) is 0 Å². The van der Waals surface area contributed by atoms with Crippen LogP contribution in [0.1, 0.15) is 51.3 Å². The van der Waals surface area contributed by atoms with Gasteiger partial charge in [-0.2, -0.15) is 0 Å². The molecule has 1 fully saturated rings. The zero-order valence-electron chi connectivity index (χ0n) is 12.8. The van der Waals surface area contributed by atoms with Gasteiger partial charge in [-0.05, 0) is 53.1 Å². The van der Waals surface area contributed by atoms with Gasteiger partial charge in [0.1, 0.15) is 11.6 Å². The molecule has 5 nitrogen and oxygen atoms in total. The normalized spacial score (nSPS) is 15.1. The van der Waals surface area contributed by atoms with Gasteiger partial charge in [-0.25, -0.2) is 4.98 Å². The number of unbranched alkanes of at least 4 members (excludes halogenated alkanes) is 1. The third-order valence-electron chi connectivity index (χ3n) is 3.85. The lowest BCUT2D eigenvalue weighted by atomic mass is 10.2. The standard InChI is InChI=1S/C15H26N4O/c1-11(2)19(3)9-5-4-8-16-13-10-14(20)18-15(17-13)12-6-7-12/h10-12H,4-9H2,1-3H3,(H2,16,17,18,20). The van der Waals surface area contributed by atoms with Gasteiger partial charge in [-0.3, -0.25) is 4.79 Å². The van der Waals surface area contributed by atoms with Crippen molar-refractivity contribution in [3.05, 3.63) is 22.2 Å². The highest BCUT2D eigenvalue weighted by atomic mass is 16.1. The van der Waals surface area contributed by atoms with E-state index in [0.29, 0.717) is 17.8 Å². The fourth-order valence-corrected chi connectivity index (χ4v) is 2.08. The van der Waals surface area contributed by atoms with Crippen molar-refractivity contribution in [3.8, 4) is 0 Å². The Balaban J connectivity index is 1.73. The number of H-pyrrole nitrogens is 1. The molecule has 0 atom stereocenters.